The average Bonchev–Trinajstić information content (AvgIpc) is 2.68. The largest absolute Gasteiger partial charge is 0.393 e. The van der Waals surface area contributed by atoms with E-state index in [1.54, 1.807) is 0 Å². The number of hydrogen-bond acceptors (Lipinski definition) is 2. The molecule has 0 radical (unpaired) electrons. The molecule has 0 amide bonds. The lowest BCUT2D eigenvalue weighted by Crippen LogP contribution is -2.11. The van der Waals surface area contributed by atoms with Crippen molar-refractivity contribution in [2.75, 3.05) is 0 Å². The van der Waals surface area contributed by atoms with Crippen LogP contribution in [-0.4, -0.2) is 20.6 Å². The maximum Gasteiger partial charge on any atom is 0.136 e. The molecule has 0 aromatic carbocycles. The van der Waals surface area contributed by atoms with Crippen LogP contribution in [0.1, 0.15) is 32.4 Å². The van der Waals surface area contributed by atoms with Gasteiger partial charge in [-0.25, -0.2) is 4.98 Å². The smallest absolute Gasteiger partial charge is 0.136 e. The van der Waals surface area contributed by atoms with Gasteiger partial charge in [-0.3, -0.25) is 0 Å². The SMILES string of the molecule is CC(C)CC(O)CCc1cn2ccccc2n1. The van der Waals surface area contributed by atoms with Crippen LogP contribution >= 0.6 is 0 Å². The van der Waals surface area contributed by atoms with Gasteiger partial charge in [-0.1, -0.05) is 19.9 Å². The Hall–Kier alpha value is -1.35. The number of imidazole rings is 1. The summed E-state index contributed by atoms with van der Waals surface area (Å²) in [4.78, 5) is 4.52. The second-order valence-electron chi connectivity index (χ2n) is 5.02. The third-order valence-corrected chi connectivity index (χ3v) is 2.89. The Kier molecular flexibility index (Phi) is 3.79. The van der Waals surface area contributed by atoms with Gasteiger partial charge in [0.25, 0.3) is 0 Å². The van der Waals surface area contributed by atoms with E-state index >= 15 is 0 Å². The van der Waals surface area contributed by atoms with E-state index in [0.717, 1.165) is 30.6 Å². The molecule has 0 saturated carbocycles. The molecule has 2 aromatic rings. The predicted molar refractivity (Wildman–Crippen MR) is 69.0 cm³/mol. The molecular formula is C14H20N2O. The number of aliphatic hydroxyl groups excluding tert-OH is 1. The maximum absolute atomic E-state index is 9.82. The number of rotatable bonds is 5. The van der Waals surface area contributed by atoms with Crippen molar-refractivity contribution in [1.29, 1.82) is 0 Å². The van der Waals surface area contributed by atoms with Crippen molar-refractivity contribution in [3.63, 3.8) is 0 Å². The minimum atomic E-state index is -0.209. The van der Waals surface area contributed by atoms with Crippen molar-refractivity contribution in [1.82, 2.24) is 9.38 Å². The lowest BCUT2D eigenvalue weighted by molar-refractivity contribution is 0.139. The van der Waals surface area contributed by atoms with E-state index in [-0.39, 0.29) is 6.10 Å². The number of aryl methyl sites for hydroxylation is 1. The number of hydrogen-bond donors (Lipinski definition) is 1. The van der Waals surface area contributed by atoms with Gasteiger partial charge in [0.05, 0.1) is 11.8 Å². The van der Waals surface area contributed by atoms with E-state index in [9.17, 15) is 5.11 Å². The Morgan fingerprint density at radius 2 is 2.18 bits per heavy atom. The molecule has 0 aliphatic carbocycles. The van der Waals surface area contributed by atoms with Crippen LogP contribution in [0.3, 0.4) is 0 Å². The average molecular weight is 232 g/mol. The van der Waals surface area contributed by atoms with Gasteiger partial charge in [0.1, 0.15) is 5.65 Å². The lowest BCUT2D eigenvalue weighted by Gasteiger charge is -2.11. The molecule has 2 heterocycles. The highest BCUT2D eigenvalue weighted by atomic mass is 16.3. The molecule has 0 aliphatic heterocycles. The van der Waals surface area contributed by atoms with E-state index in [0.29, 0.717) is 5.92 Å². The van der Waals surface area contributed by atoms with Crippen molar-refractivity contribution in [3.8, 4) is 0 Å². The normalized spacial score (nSPS) is 13.4. The zero-order chi connectivity index (χ0) is 12.3. The second-order valence-corrected chi connectivity index (χ2v) is 5.02. The summed E-state index contributed by atoms with van der Waals surface area (Å²) in [5.41, 5.74) is 2.03. The van der Waals surface area contributed by atoms with Crippen LogP contribution in [-0.2, 0) is 6.42 Å². The Morgan fingerprint density at radius 3 is 2.88 bits per heavy atom. The first-order valence-electron chi connectivity index (χ1n) is 6.26. The predicted octanol–water partition coefficient (Wildman–Crippen LogP) is 2.67. The Bertz CT molecular complexity index is 443. The summed E-state index contributed by atoms with van der Waals surface area (Å²) in [5, 5.41) is 9.82. The van der Waals surface area contributed by atoms with Crippen molar-refractivity contribution < 1.29 is 5.11 Å². The van der Waals surface area contributed by atoms with Crippen molar-refractivity contribution in [2.24, 2.45) is 5.92 Å². The monoisotopic (exact) mass is 232 g/mol. The molecule has 92 valence electrons. The fourth-order valence-corrected chi connectivity index (χ4v) is 2.08. The van der Waals surface area contributed by atoms with Gasteiger partial charge < -0.3 is 9.51 Å². The van der Waals surface area contributed by atoms with E-state index in [1.807, 2.05) is 35.0 Å². The Labute approximate surface area is 102 Å². The molecule has 0 saturated heterocycles. The molecule has 0 fully saturated rings. The van der Waals surface area contributed by atoms with Crippen LogP contribution < -0.4 is 0 Å². The van der Waals surface area contributed by atoms with Crippen LogP contribution in [0.5, 0.6) is 0 Å². The minimum Gasteiger partial charge on any atom is -0.393 e. The first-order valence-corrected chi connectivity index (χ1v) is 6.26. The molecule has 0 spiro atoms. The summed E-state index contributed by atoms with van der Waals surface area (Å²) in [5.74, 6) is 0.547. The molecule has 17 heavy (non-hydrogen) atoms. The molecule has 1 N–H and O–H groups in total. The highest BCUT2D eigenvalue weighted by Crippen LogP contribution is 2.12. The molecule has 0 aliphatic rings. The number of nitrogens with zero attached hydrogens (tertiary/aromatic N) is 2. The molecular weight excluding hydrogens is 212 g/mol. The maximum atomic E-state index is 9.82. The molecule has 2 aromatic heterocycles. The van der Waals surface area contributed by atoms with Gasteiger partial charge in [-0.2, -0.15) is 0 Å². The summed E-state index contributed by atoms with van der Waals surface area (Å²) in [6.07, 6.45) is 6.33. The molecule has 3 nitrogen and oxygen atoms in total. The fraction of sp³-hybridized carbons (Fsp3) is 0.500. The van der Waals surface area contributed by atoms with Crippen LogP contribution in [0.4, 0.5) is 0 Å². The zero-order valence-electron chi connectivity index (χ0n) is 10.5. The van der Waals surface area contributed by atoms with Gasteiger partial charge in [0.2, 0.25) is 0 Å². The topological polar surface area (TPSA) is 37.5 Å². The highest BCUT2D eigenvalue weighted by molar-refractivity contribution is 5.39. The third kappa shape index (κ3) is 3.30. The van der Waals surface area contributed by atoms with Gasteiger partial charge in [-0.15, -0.1) is 0 Å². The van der Waals surface area contributed by atoms with E-state index in [2.05, 4.69) is 18.8 Å². The van der Waals surface area contributed by atoms with Crippen LogP contribution in [0.2, 0.25) is 0 Å². The summed E-state index contributed by atoms with van der Waals surface area (Å²) >= 11 is 0. The van der Waals surface area contributed by atoms with E-state index in [4.69, 9.17) is 0 Å². The first kappa shape index (κ1) is 12.1. The lowest BCUT2D eigenvalue weighted by atomic mass is 10.0. The standard InChI is InChI=1S/C14H20N2O/c1-11(2)9-13(17)7-6-12-10-16-8-4-3-5-14(16)15-12/h3-5,8,10-11,13,17H,6-7,9H2,1-2H3. The summed E-state index contributed by atoms with van der Waals surface area (Å²) < 4.78 is 2.02. The molecule has 3 heteroatoms. The van der Waals surface area contributed by atoms with Crippen LogP contribution in [0.25, 0.3) is 5.65 Å². The number of aliphatic hydroxyl groups is 1. The van der Waals surface area contributed by atoms with Gasteiger partial charge >= 0.3 is 0 Å². The minimum absolute atomic E-state index is 0.209. The summed E-state index contributed by atoms with van der Waals surface area (Å²) in [6, 6.07) is 5.97. The molecule has 2 rings (SSSR count). The number of aromatic nitrogens is 2. The summed E-state index contributed by atoms with van der Waals surface area (Å²) in [7, 11) is 0. The number of pyridine rings is 1. The molecule has 1 atom stereocenters. The van der Waals surface area contributed by atoms with E-state index in [1.165, 1.54) is 0 Å². The molecule has 1 unspecified atom stereocenters. The van der Waals surface area contributed by atoms with Crippen LogP contribution in [0.15, 0.2) is 30.6 Å². The van der Waals surface area contributed by atoms with Crippen molar-refractivity contribution >= 4 is 5.65 Å². The van der Waals surface area contributed by atoms with Crippen molar-refractivity contribution in [2.45, 2.75) is 39.2 Å². The highest BCUT2D eigenvalue weighted by Gasteiger charge is 2.08. The molecule has 0 bridgehead atoms. The summed E-state index contributed by atoms with van der Waals surface area (Å²) in [6.45, 7) is 4.27. The Balaban J connectivity index is 1.95. The van der Waals surface area contributed by atoms with Crippen LogP contribution in [0, 0.1) is 5.92 Å². The zero-order valence-corrected chi connectivity index (χ0v) is 10.5. The third-order valence-electron chi connectivity index (χ3n) is 2.89. The number of fused-ring (bicyclic) bond motifs is 1. The van der Waals surface area contributed by atoms with Crippen molar-refractivity contribution in [3.05, 3.63) is 36.3 Å². The Morgan fingerprint density at radius 1 is 1.35 bits per heavy atom. The fourth-order valence-electron chi connectivity index (χ4n) is 2.08. The van der Waals surface area contributed by atoms with Gasteiger partial charge in [0, 0.05) is 12.4 Å². The first-order chi connectivity index (χ1) is 8.15. The second kappa shape index (κ2) is 5.32. The quantitative estimate of drug-likeness (QED) is 0.860. The van der Waals surface area contributed by atoms with E-state index < -0.39 is 0 Å². The van der Waals surface area contributed by atoms with Gasteiger partial charge in [-0.05, 0) is 37.3 Å². The van der Waals surface area contributed by atoms with Gasteiger partial charge in [0.15, 0.2) is 0 Å².